The molecule has 1 N–H and O–H groups in total. The van der Waals surface area contributed by atoms with Crippen LogP contribution in [0.1, 0.15) is 38.7 Å². The van der Waals surface area contributed by atoms with Crippen molar-refractivity contribution in [2.24, 2.45) is 0 Å². The van der Waals surface area contributed by atoms with Crippen molar-refractivity contribution in [3.8, 4) is 6.07 Å². The molecule has 0 aromatic heterocycles. The predicted molar refractivity (Wildman–Crippen MR) is 121 cm³/mol. The minimum atomic E-state index is 0.162. The molecule has 7 heteroatoms. The number of benzene rings is 1. The van der Waals surface area contributed by atoms with Crippen LogP contribution < -0.4 is 10.2 Å². The maximum Gasteiger partial charge on any atom is 0.211 e. The summed E-state index contributed by atoms with van der Waals surface area (Å²) in [5, 5.41) is 12.6. The summed E-state index contributed by atoms with van der Waals surface area (Å²) in [6.07, 6.45) is 5.85. The summed E-state index contributed by atoms with van der Waals surface area (Å²) in [6.45, 7) is 9.57. The van der Waals surface area contributed by atoms with E-state index in [4.69, 9.17) is 10.00 Å². The molecule has 1 aromatic rings. The van der Waals surface area contributed by atoms with Gasteiger partial charge in [0.25, 0.3) is 0 Å². The molecule has 1 aliphatic heterocycles. The molecule has 1 saturated heterocycles. The van der Waals surface area contributed by atoms with Crippen molar-refractivity contribution in [3.05, 3.63) is 52.0 Å². The maximum absolute atomic E-state index is 10.7. The maximum atomic E-state index is 10.7. The lowest BCUT2D eigenvalue weighted by Crippen LogP contribution is -2.34. The van der Waals surface area contributed by atoms with Crippen molar-refractivity contribution in [2.75, 3.05) is 24.3 Å². The second-order valence-corrected chi connectivity index (χ2v) is 7.48. The van der Waals surface area contributed by atoms with E-state index in [0.717, 1.165) is 40.8 Å². The van der Waals surface area contributed by atoms with Crippen LogP contribution in [-0.4, -0.2) is 31.9 Å². The van der Waals surface area contributed by atoms with Gasteiger partial charge < -0.3 is 15.0 Å². The molecule has 0 bridgehead atoms. The van der Waals surface area contributed by atoms with Crippen LogP contribution in [0, 0.1) is 11.3 Å². The van der Waals surface area contributed by atoms with Gasteiger partial charge in [-0.05, 0) is 63.6 Å². The molecule has 1 fully saturated rings. The second kappa shape index (κ2) is 13.3. The number of amides is 1. The quantitative estimate of drug-likeness (QED) is 0.473. The molecule has 1 unspecified atom stereocenters. The Kier molecular flexibility index (Phi) is 11.5. The average molecular weight is 420 g/mol. The highest BCUT2D eigenvalue weighted by Crippen LogP contribution is 2.33. The summed E-state index contributed by atoms with van der Waals surface area (Å²) in [6, 6.07) is 9.63. The van der Waals surface area contributed by atoms with E-state index in [9.17, 15) is 4.79 Å². The van der Waals surface area contributed by atoms with Gasteiger partial charge in [0, 0.05) is 29.4 Å². The van der Waals surface area contributed by atoms with E-state index in [1.807, 2.05) is 38.1 Å². The van der Waals surface area contributed by atoms with Crippen LogP contribution in [-0.2, 0) is 9.53 Å². The molecule has 28 heavy (non-hydrogen) atoms. The Labute approximate surface area is 178 Å². The van der Waals surface area contributed by atoms with E-state index in [-0.39, 0.29) is 6.10 Å². The molecule has 0 saturated carbocycles. The lowest BCUT2D eigenvalue weighted by molar-refractivity contribution is -0.108. The average Bonchev–Trinajstić information content (AvgIpc) is 2.74. The summed E-state index contributed by atoms with van der Waals surface area (Å²) in [7, 11) is 0. The first kappa shape index (κ1) is 24.2. The van der Waals surface area contributed by atoms with Crippen LogP contribution in [0.5, 0.6) is 0 Å². The SMILES string of the molecule is C=C(S/C(C)=C(\C)NC=O)N(CC1CCCCO1)c1ccc(C#N)cc1.CS. The number of nitrogens with one attached hydrogen (secondary N) is 1. The van der Waals surface area contributed by atoms with Gasteiger partial charge in [0.15, 0.2) is 0 Å². The zero-order chi connectivity index (χ0) is 20.9. The third-order valence-corrected chi connectivity index (χ3v) is 5.41. The third-order valence-electron chi connectivity index (χ3n) is 4.34. The number of carbonyl (C=O) groups excluding carboxylic acids is 1. The van der Waals surface area contributed by atoms with Gasteiger partial charge in [-0.3, -0.25) is 4.79 Å². The van der Waals surface area contributed by atoms with Gasteiger partial charge in [0.2, 0.25) is 6.41 Å². The first-order chi connectivity index (χ1) is 13.5. The van der Waals surface area contributed by atoms with Gasteiger partial charge in [-0.1, -0.05) is 18.3 Å². The number of ether oxygens (including phenoxy) is 1. The number of nitrogens with zero attached hydrogens (tertiary/aromatic N) is 2. The Bertz CT molecular complexity index is 705. The minimum absolute atomic E-state index is 0.162. The van der Waals surface area contributed by atoms with Crippen molar-refractivity contribution in [3.63, 3.8) is 0 Å². The highest BCUT2D eigenvalue weighted by Gasteiger charge is 2.21. The summed E-state index contributed by atoms with van der Waals surface area (Å²) in [4.78, 5) is 13.8. The van der Waals surface area contributed by atoms with Gasteiger partial charge in [-0.15, -0.1) is 0 Å². The smallest absolute Gasteiger partial charge is 0.211 e. The number of hydrogen-bond acceptors (Lipinski definition) is 6. The Morgan fingerprint density at radius 3 is 2.61 bits per heavy atom. The van der Waals surface area contributed by atoms with Crippen molar-refractivity contribution >= 4 is 36.5 Å². The lowest BCUT2D eigenvalue weighted by atomic mass is 10.1. The molecule has 1 aromatic carbocycles. The highest BCUT2D eigenvalue weighted by atomic mass is 32.2. The fourth-order valence-electron chi connectivity index (χ4n) is 2.72. The van der Waals surface area contributed by atoms with E-state index in [2.05, 4.69) is 35.5 Å². The molecule has 0 aliphatic carbocycles. The van der Waals surface area contributed by atoms with Crippen LogP contribution >= 0.6 is 24.4 Å². The number of nitriles is 1. The monoisotopic (exact) mass is 419 g/mol. The van der Waals surface area contributed by atoms with Gasteiger partial charge in [0.1, 0.15) is 0 Å². The molecule has 1 heterocycles. The summed E-state index contributed by atoms with van der Waals surface area (Å²) >= 11 is 5.05. The molecule has 0 radical (unpaired) electrons. The Hall–Kier alpha value is -1.88. The molecule has 1 amide bonds. The first-order valence-corrected chi connectivity index (χ1v) is 10.8. The van der Waals surface area contributed by atoms with Gasteiger partial charge >= 0.3 is 0 Å². The van der Waals surface area contributed by atoms with E-state index in [1.54, 1.807) is 6.26 Å². The van der Waals surface area contributed by atoms with Crippen molar-refractivity contribution in [2.45, 2.75) is 39.2 Å². The topological polar surface area (TPSA) is 65.4 Å². The Morgan fingerprint density at radius 2 is 2.07 bits per heavy atom. The zero-order valence-corrected chi connectivity index (χ0v) is 18.5. The minimum Gasteiger partial charge on any atom is -0.376 e. The number of rotatable bonds is 8. The van der Waals surface area contributed by atoms with Gasteiger partial charge in [-0.25, -0.2) is 0 Å². The zero-order valence-electron chi connectivity index (χ0n) is 16.8. The number of allylic oxidation sites excluding steroid dienone is 2. The Balaban J connectivity index is 0.00000190. The number of thioether (sulfide) groups is 1. The third kappa shape index (κ3) is 7.63. The molecular formula is C21H29N3O2S2. The molecular weight excluding hydrogens is 390 g/mol. The van der Waals surface area contributed by atoms with Crippen molar-refractivity contribution < 1.29 is 9.53 Å². The van der Waals surface area contributed by atoms with Crippen LogP contribution in [0.15, 0.2) is 46.5 Å². The fraction of sp³-hybridized carbons (Fsp3) is 0.429. The van der Waals surface area contributed by atoms with Gasteiger partial charge in [0.05, 0.1) is 22.8 Å². The van der Waals surface area contributed by atoms with E-state index in [0.29, 0.717) is 18.5 Å². The molecule has 1 atom stereocenters. The number of anilines is 1. The second-order valence-electron chi connectivity index (χ2n) is 6.20. The molecule has 1 aliphatic rings. The highest BCUT2D eigenvalue weighted by molar-refractivity contribution is 8.06. The fourth-order valence-corrected chi connectivity index (χ4v) is 3.58. The number of carbonyl (C=O) groups is 1. The molecule has 2 rings (SSSR count). The standard InChI is InChI=1S/C20H25N3O2S.CH4S/c1-15(22-14-24)16(2)26-17(3)23(13-20-6-4-5-11-25-20)19-9-7-18(12-21)8-10-19;1-2/h7-10,14,20H,3-6,11,13H2,1-2H3,(H,22,24);2H,1H3/b16-15+;. The van der Waals surface area contributed by atoms with Crippen molar-refractivity contribution in [1.29, 1.82) is 5.26 Å². The van der Waals surface area contributed by atoms with Crippen molar-refractivity contribution in [1.82, 2.24) is 5.32 Å². The summed E-state index contributed by atoms with van der Waals surface area (Å²) < 4.78 is 5.90. The van der Waals surface area contributed by atoms with E-state index < -0.39 is 0 Å². The number of thiol groups is 1. The Morgan fingerprint density at radius 1 is 1.39 bits per heavy atom. The van der Waals surface area contributed by atoms with Crippen LogP contribution in [0.3, 0.4) is 0 Å². The summed E-state index contributed by atoms with van der Waals surface area (Å²) in [5.41, 5.74) is 2.41. The lowest BCUT2D eigenvalue weighted by Gasteiger charge is -2.32. The van der Waals surface area contributed by atoms with Crippen LogP contribution in [0.4, 0.5) is 5.69 Å². The summed E-state index contributed by atoms with van der Waals surface area (Å²) in [5.74, 6) is 0. The largest absolute Gasteiger partial charge is 0.376 e. The van der Waals surface area contributed by atoms with Crippen LogP contribution in [0.2, 0.25) is 0 Å². The van der Waals surface area contributed by atoms with Crippen LogP contribution in [0.25, 0.3) is 0 Å². The van der Waals surface area contributed by atoms with E-state index >= 15 is 0 Å². The number of hydrogen-bond donors (Lipinski definition) is 2. The predicted octanol–water partition coefficient (Wildman–Crippen LogP) is 4.68. The van der Waals surface area contributed by atoms with E-state index in [1.165, 1.54) is 18.2 Å². The molecule has 0 spiro atoms. The molecule has 5 nitrogen and oxygen atoms in total. The normalized spacial score (nSPS) is 16.6. The first-order valence-electron chi connectivity index (χ1n) is 9.13. The van der Waals surface area contributed by atoms with Gasteiger partial charge in [-0.2, -0.15) is 17.9 Å². The molecule has 152 valence electrons.